The molecule has 0 aliphatic rings. The van der Waals surface area contributed by atoms with Gasteiger partial charge in [-0.2, -0.15) is 0 Å². The van der Waals surface area contributed by atoms with Crippen molar-refractivity contribution in [3.63, 3.8) is 0 Å². The Morgan fingerprint density at radius 1 is 0.714 bits per heavy atom. The van der Waals surface area contributed by atoms with Crippen LogP contribution in [0.2, 0.25) is 0 Å². The van der Waals surface area contributed by atoms with Crippen molar-refractivity contribution in [3.8, 4) is 0 Å². The molecule has 0 atom stereocenters. The fourth-order valence-electron chi connectivity index (χ4n) is 3.01. The third kappa shape index (κ3) is 5.73. The number of hydrogen-bond acceptors (Lipinski definition) is 1. The average molecular weight is 375 g/mol. The number of allylic oxidation sites excluding steroid dienone is 4. The minimum absolute atomic E-state index is 0.0949. The van der Waals surface area contributed by atoms with Gasteiger partial charge in [0.05, 0.1) is 0 Å². The fraction of sp³-hybridized carbons (Fsp3) is 0.333. The van der Waals surface area contributed by atoms with Gasteiger partial charge in [-0.3, -0.25) is 0 Å². The lowest BCUT2D eigenvalue weighted by molar-refractivity contribution is 0.512. The highest BCUT2D eigenvalue weighted by Gasteiger charge is 2.15. The van der Waals surface area contributed by atoms with Crippen LogP contribution in [0.25, 0.3) is 11.3 Å². The van der Waals surface area contributed by atoms with Crippen molar-refractivity contribution in [3.05, 3.63) is 95.1 Å². The van der Waals surface area contributed by atoms with Gasteiger partial charge in [0, 0.05) is 5.56 Å². The SMILES string of the molecule is C=C(C)/C=C(\C=C(/O)c1ccc(C(C)(C)C)cc1)c1ccc(C(C)(C)C)cc1. The van der Waals surface area contributed by atoms with Gasteiger partial charge < -0.3 is 5.11 Å². The molecular weight excluding hydrogens is 340 g/mol. The molecule has 2 aromatic rings. The molecule has 28 heavy (non-hydrogen) atoms. The van der Waals surface area contributed by atoms with Crippen LogP contribution in [0.15, 0.2) is 72.8 Å². The molecule has 0 heterocycles. The van der Waals surface area contributed by atoms with Gasteiger partial charge in [-0.1, -0.05) is 108 Å². The second-order valence-corrected chi connectivity index (χ2v) is 9.63. The van der Waals surface area contributed by atoms with E-state index in [0.29, 0.717) is 0 Å². The molecule has 0 amide bonds. The summed E-state index contributed by atoms with van der Waals surface area (Å²) >= 11 is 0. The van der Waals surface area contributed by atoms with E-state index in [9.17, 15) is 5.11 Å². The number of benzene rings is 2. The molecule has 0 radical (unpaired) electrons. The highest BCUT2D eigenvalue weighted by Crippen LogP contribution is 2.28. The predicted molar refractivity (Wildman–Crippen MR) is 124 cm³/mol. The molecule has 2 aromatic carbocycles. The maximum Gasteiger partial charge on any atom is 0.123 e. The van der Waals surface area contributed by atoms with E-state index in [1.807, 2.05) is 31.2 Å². The van der Waals surface area contributed by atoms with Crippen molar-refractivity contribution in [1.82, 2.24) is 0 Å². The standard InChI is InChI=1S/C27H34O/c1-19(2)17-22(20-9-13-23(14-10-20)26(3,4)5)18-25(28)21-11-15-24(16-12-21)27(6,7)8/h9-18,28H,1H2,2-8H3/b22-17+,25-18-. The van der Waals surface area contributed by atoms with E-state index in [1.54, 1.807) is 0 Å². The largest absolute Gasteiger partial charge is 0.507 e. The summed E-state index contributed by atoms with van der Waals surface area (Å²) in [6, 6.07) is 16.7. The number of aliphatic hydroxyl groups is 1. The quantitative estimate of drug-likeness (QED) is 0.427. The first-order chi connectivity index (χ1) is 12.9. The Morgan fingerprint density at radius 2 is 1.11 bits per heavy atom. The lowest BCUT2D eigenvalue weighted by Gasteiger charge is -2.19. The van der Waals surface area contributed by atoms with E-state index in [0.717, 1.165) is 22.3 Å². The predicted octanol–water partition coefficient (Wildman–Crippen LogP) is 7.84. The Hall–Kier alpha value is -2.54. The minimum atomic E-state index is 0.0949. The Morgan fingerprint density at radius 3 is 1.46 bits per heavy atom. The zero-order chi connectivity index (χ0) is 21.1. The van der Waals surface area contributed by atoms with Gasteiger partial charge in [-0.15, -0.1) is 0 Å². The molecule has 0 bridgehead atoms. The molecule has 0 aliphatic heterocycles. The summed E-state index contributed by atoms with van der Waals surface area (Å²) in [5, 5.41) is 10.7. The molecule has 0 fully saturated rings. The van der Waals surface area contributed by atoms with E-state index in [1.165, 1.54) is 11.1 Å². The van der Waals surface area contributed by atoms with Crippen LogP contribution < -0.4 is 0 Å². The van der Waals surface area contributed by atoms with Gasteiger partial charge in [-0.25, -0.2) is 0 Å². The van der Waals surface area contributed by atoms with Crippen LogP contribution >= 0.6 is 0 Å². The van der Waals surface area contributed by atoms with Gasteiger partial charge in [-0.05, 0) is 46.1 Å². The molecule has 148 valence electrons. The van der Waals surface area contributed by atoms with Crippen LogP contribution in [-0.4, -0.2) is 5.11 Å². The highest BCUT2D eigenvalue weighted by molar-refractivity contribution is 5.82. The van der Waals surface area contributed by atoms with E-state index in [4.69, 9.17) is 0 Å². The summed E-state index contributed by atoms with van der Waals surface area (Å²) in [4.78, 5) is 0. The lowest BCUT2D eigenvalue weighted by atomic mass is 9.86. The van der Waals surface area contributed by atoms with Crippen LogP contribution in [0.3, 0.4) is 0 Å². The third-order valence-corrected chi connectivity index (χ3v) is 4.83. The maximum atomic E-state index is 10.7. The lowest BCUT2D eigenvalue weighted by Crippen LogP contribution is -2.10. The Bertz CT molecular complexity index is 877. The van der Waals surface area contributed by atoms with Crippen LogP contribution in [0, 0.1) is 0 Å². The zero-order valence-electron chi connectivity index (χ0n) is 18.4. The number of aliphatic hydroxyl groups excluding tert-OH is 1. The Balaban J connectivity index is 2.40. The Kier molecular flexibility index (Phi) is 6.39. The molecule has 1 nitrogen and oxygen atoms in total. The monoisotopic (exact) mass is 374 g/mol. The van der Waals surface area contributed by atoms with Crippen molar-refractivity contribution in [1.29, 1.82) is 0 Å². The molecule has 0 unspecified atom stereocenters. The maximum absolute atomic E-state index is 10.7. The number of rotatable bonds is 4. The van der Waals surface area contributed by atoms with Crippen molar-refractivity contribution in [2.45, 2.75) is 59.3 Å². The fourth-order valence-corrected chi connectivity index (χ4v) is 3.01. The van der Waals surface area contributed by atoms with Crippen LogP contribution in [0.1, 0.15) is 70.7 Å². The van der Waals surface area contributed by atoms with Crippen molar-refractivity contribution >= 4 is 11.3 Å². The van der Waals surface area contributed by atoms with E-state index in [-0.39, 0.29) is 16.6 Å². The van der Waals surface area contributed by atoms with Crippen LogP contribution in [0.4, 0.5) is 0 Å². The summed E-state index contributed by atoms with van der Waals surface area (Å²) in [5.41, 5.74) is 6.52. The molecule has 0 aliphatic carbocycles. The Labute approximate surface area is 171 Å². The van der Waals surface area contributed by atoms with E-state index in [2.05, 4.69) is 84.5 Å². The van der Waals surface area contributed by atoms with Gasteiger partial charge in [0.25, 0.3) is 0 Å². The van der Waals surface area contributed by atoms with Crippen molar-refractivity contribution in [2.75, 3.05) is 0 Å². The summed E-state index contributed by atoms with van der Waals surface area (Å²) in [6.45, 7) is 19.2. The van der Waals surface area contributed by atoms with Gasteiger partial charge in [0.1, 0.15) is 5.76 Å². The minimum Gasteiger partial charge on any atom is -0.507 e. The summed E-state index contributed by atoms with van der Waals surface area (Å²) in [7, 11) is 0. The van der Waals surface area contributed by atoms with Crippen molar-refractivity contribution in [2.24, 2.45) is 0 Å². The summed E-state index contributed by atoms with van der Waals surface area (Å²) in [6.07, 6.45) is 3.83. The first-order valence-corrected chi connectivity index (χ1v) is 9.87. The van der Waals surface area contributed by atoms with Crippen LogP contribution in [-0.2, 0) is 10.8 Å². The van der Waals surface area contributed by atoms with E-state index < -0.39 is 0 Å². The average Bonchev–Trinajstić information content (AvgIpc) is 2.59. The molecular formula is C27H34O. The normalized spacial score (nSPS) is 13.5. The van der Waals surface area contributed by atoms with Crippen molar-refractivity contribution < 1.29 is 5.11 Å². The molecule has 2 rings (SSSR count). The molecule has 1 N–H and O–H groups in total. The number of hydrogen-bond donors (Lipinski definition) is 1. The van der Waals surface area contributed by atoms with Gasteiger partial charge in [0.15, 0.2) is 0 Å². The second kappa shape index (κ2) is 8.22. The zero-order valence-corrected chi connectivity index (χ0v) is 18.4. The van der Waals surface area contributed by atoms with Gasteiger partial charge in [0.2, 0.25) is 0 Å². The molecule has 1 heteroatoms. The second-order valence-electron chi connectivity index (χ2n) is 9.63. The first kappa shape index (κ1) is 21.8. The van der Waals surface area contributed by atoms with Gasteiger partial charge >= 0.3 is 0 Å². The molecule has 0 saturated carbocycles. The molecule has 0 saturated heterocycles. The smallest absolute Gasteiger partial charge is 0.123 e. The topological polar surface area (TPSA) is 20.2 Å². The molecule has 0 spiro atoms. The summed E-state index contributed by atoms with van der Waals surface area (Å²) in [5.74, 6) is 0.257. The van der Waals surface area contributed by atoms with E-state index >= 15 is 0 Å². The summed E-state index contributed by atoms with van der Waals surface area (Å²) < 4.78 is 0. The van der Waals surface area contributed by atoms with Crippen LogP contribution in [0.5, 0.6) is 0 Å². The third-order valence-electron chi connectivity index (χ3n) is 4.83. The first-order valence-electron chi connectivity index (χ1n) is 9.87. The highest BCUT2D eigenvalue weighted by atomic mass is 16.3. The molecule has 0 aromatic heterocycles.